The van der Waals surface area contributed by atoms with Crippen LogP contribution in [0.4, 0.5) is 0 Å². The summed E-state index contributed by atoms with van der Waals surface area (Å²) in [4.78, 5) is 10.9. The lowest BCUT2D eigenvalue weighted by Gasteiger charge is -2.16. The molecule has 0 aliphatic rings. The lowest BCUT2D eigenvalue weighted by Crippen LogP contribution is -2.23. The summed E-state index contributed by atoms with van der Waals surface area (Å²) in [5.41, 5.74) is 1.08. The maximum absolute atomic E-state index is 10.9. The minimum Gasteiger partial charge on any atom is -0.490 e. The highest BCUT2D eigenvalue weighted by Crippen LogP contribution is 2.29. The Morgan fingerprint density at radius 2 is 2.00 bits per heavy atom. The number of nitrogens with one attached hydrogen (secondary N) is 1. The van der Waals surface area contributed by atoms with Crippen molar-refractivity contribution in [3.05, 3.63) is 23.8 Å². The van der Waals surface area contributed by atoms with E-state index in [0.717, 1.165) is 18.7 Å². The molecule has 0 aliphatic heterocycles. The maximum Gasteiger partial charge on any atom is 0.344 e. The number of ether oxygens (including phenoxy) is 2. The van der Waals surface area contributed by atoms with Gasteiger partial charge < -0.3 is 19.9 Å². The van der Waals surface area contributed by atoms with E-state index in [1.165, 1.54) is 6.92 Å². The number of rotatable bonds is 9. The van der Waals surface area contributed by atoms with Crippen LogP contribution in [0, 0.1) is 5.92 Å². The Kier molecular flexibility index (Phi) is 7.02. The molecule has 1 unspecified atom stereocenters. The second-order valence-electron chi connectivity index (χ2n) is 5.34. The fourth-order valence-electron chi connectivity index (χ4n) is 1.77. The summed E-state index contributed by atoms with van der Waals surface area (Å²) >= 11 is 0. The Morgan fingerprint density at radius 1 is 1.29 bits per heavy atom. The van der Waals surface area contributed by atoms with E-state index in [1.807, 2.05) is 19.1 Å². The minimum absolute atomic E-state index is 0.458. The summed E-state index contributed by atoms with van der Waals surface area (Å²) in [5.74, 6) is 0.629. The zero-order chi connectivity index (χ0) is 15.8. The van der Waals surface area contributed by atoms with Gasteiger partial charge in [0.25, 0.3) is 0 Å². The molecule has 0 saturated carbocycles. The van der Waals surface area contributed by atoms with Crippen LogP contribution in [0.25, 0.3) is 0 Å². The number of hydrogen-bond acceptors (Lipinski definition) is 4. The molecular weight excluding hydrogens is 270 g/mol. The Balaban J connectivity index is 2.78. The number of carboxylic acid groups (broad SMARTS) is 1. The van der Waals surface area contributed by atoms with Crippen LogP contribution in [-0.2, 0) is 11.3 Å². The number of carbonyl (C=O) groups is 1. The Bertz CT molecular complexity index is 460. The second-order valence-corrected chi connectivity index (χ2v) is 5.34. The third-order valence-electron chi connectivity index (χ3n) is 2.84. The highest BCUT2D eigenvalue weighted by atomic mass is 16.5. The van der Waals surface area contributed by atoms with Gasteiger partial charge in [0.15, 0.2) is 17.6 Å². The molecule has 0 spiro atoms. The van der Waals surface area contributed by atoms with Gasteiger partial charge in [0.1, 0.15) is 0 Å². The van der Waals surface area contributed by atoms with Crippen molar-refractivity contribution < 1.29 is 19.4 Å². The predicted molar refractivity (Wildman–Crippen MR) is 81.9 cm³/mol. The summed E-state index contributed by atoms with van der Waals surface area (Å²) in [5, 5.41) is 12.3. The summed E-state index contributed by atoms with van der Waals surface area (Å²) < 4.78 is 11.0. The van der Waals surface area contributed by atoms with Crippen LogP contribution in [0.1, 0.15) is 33.3 Å². The van der Waals surface area contributed by atoms with Gasteiger partial charge in [-0.05, 0) is 44.0 Å². The first kappa shape index (κ1) is 17.3. The standard InChI is InChI=1S/C16H25NO4/c1-5-20-15-8-13(10-17-9-11(2)3)6-7-14(15)21-12(4)16(18)19/h6-8,11-12,17H,5,9-10H2,1-4H3,(H,18,19). The molecule has 118 valence electrons. The van der Waals surface area contributed by atoms with Crippen LogP contribution in [0.15, 0.2) is 18.2 Å². The van der Waals surface area contributed by atoms with Crippen molar-refractivity contribution in [3.63, 3.8) is 0 Å². The third-order valence-corrected chi connectivity index (χ3v) is 2.84. The molecule has 0 heterocycles. The van der Waals surface area contributed by atoms with E-state index in [0.29, 0.717) is 24.0 Å². The van der Waals surface area contributed by atoms with Gasteiger partial charge >= 0.3 is 5.97 Å². The zero-order valence-electron chi connectivity index (χ0n) is 13.2. The van der Waals surface area contributed by atoms with Crippen molar-refractivity contribution in [1.29, 1.82) is 0 Å². The topological polar surface area (TPSA) is 67.8 Å². The Labute approximate surface area is 126 Å². The van der Waals surface area contributed by atoms with Gasteiger partial charge in [-0.3, -0.25) is 0 Å². The van der Waals surface area contributed by atoms with Gasteiger partial charge in [0.05, 0.1) is 6.61 Å². The minimum atomic E-state index is -1.000. The smallest absolute Gasteiger partial charge is 0.344 e. The highest BCUT2D eigenvalue weighted by molar-refractivity contribution is 5.72. The van der Waals surface area contributed by atoms with E-state index in [2.05, 4.69) is 19.2 Å². The molecule has 1 rings (SSSR count). The molecule has 0 amide bonds. The van der Waals surface area contributed by atoms with Gasteiger partial charge in [-0.2, -0.15) is 0 Å². The summed E-state index contributed by atoms with van der Waals surface area (Å²) in [7, 11) is 0. The summed E-state index contributed by atoms with van der Waals surface area (Å²) in [6, 6.07) is 5.57. The first-order valence-corrected chi connectivity index (χ1v) is 7.30. The molecule has 0 aliphatic carbocycles. The van der Waals surface area contributed by atoms with Crippen molar-refractivity contribution in [2.24, 2.45) is 5.92 Å². The average molecular weight is 295 g/mol. The Hall–Kier alpha value is -1.75. The van der Waals surface area contributed by atoms with E-state index in [1.54, 1.807) is 6.07 Å². The molecule has 5 nitrogen and oxygen atoms in total. The number of carboxylic acids is 1. The van der Waals surface area contributed by atoms with Crippen molar-refractivity contribution in [2.45, 2.75) is 40.3 Å². The normalized spacial score (nSPS) is 12.2. The van der Waals surface area contributed by atoms with Crippen molar-refractivity contribution >= 4 is 5.97 Å². The number of benzene rings is 1. The maximum atomic E-state index is 10.9. The molecule has 0 bridgehead atoms. The molecule has 0 aromatic heterocycles. The summed E-state index contributed by atoms with van der Waals surface area (Å²) in [6.45, 7) is 9.88. The molecule has 2 N–H and O–H groups in total. The molecule has 0 radical (unpaired) electrons. The zero-order valence-corrected chi connectivity index (χ0v) is 13.2. The van der Waals surface area contributed by atoms with E-state index < -0.39 is 12.1 Å². The number of hydrogen-bond donors (Lipinski definition) is 2. The second kappa shape index (κ2) is 8.52. The highest BCUT2D eigenvalue weighted by Gasteiger charge is 2.15. The van der Waals surface area contributed by atoms with Crippen molar-refractivity contribution in [2.75, 3.05) is 13.2 Å². The molecule has 1 aromatic rings. The van der Waals surface area contributed by atoms with Gasteiger partial charge in [-0.25, -0.2) is 4.79 Å². The van der Waals surface area contributed by atoms with Crippen LogP contribution in [-0.4, -0.2) is 30.3 Å². The van der Waals surface area contributed by atoms with E-state index >= 15 is 0 Å². The monoisotopic (exact) mass is 295 g/mol. The summed E-state index contributed by atoms with van der Waals surface area (Å²) in [6.07, 6.45) is -0.908. The fourth-order valence-corrected chi connectivity index (χ4v) is 1.77. The van der Waals surface area contributed by atoms with Crippen molar-refractivity contribution in [3.8, 4) is 11.5 Å². The molecule has 1 aromatic carbocycles. The molecule has 0 fully saturated rings. The average Bonchev–Trinajstić information content (AvgIpc) is 2.41. The van der Waals surface area contributed by atoms with Gasteiger partial charge in [-0.15, -0.1) is 0 Å². The molecule has 21 heavy (non-hydrogen) atoms. The predicted octanol–water partition coefficient (Wildman–Crippen LogP) is 2.68. The largest absolute Gasteiger partial charge is 0.490 e. The Morgan fingerprint density at radius 3 is 2.57 bits per heavy atom. The first-order valence-electron chi connectivity index (χ1n) is 7.30. The van der Waals surface area contributed by atoms with Gasteiger partial charge in [0, 0.05) is 6.54 Å². The van der Waals surface area contributed by atoms with Gasteiger partial charge in [-0.1, -0.05) is 19.9 Å². The molecule has 0 saturated heterocycles. The molecule has 1 atom stereocenters. The van der Waals surface area contributed by atoms with Crippen LogP contribution in [0.2, 0.25) is 0 Å². The van der Waals surface area contributed by atoms with E-state index in [4.69, 9.17) is 14.6 Å². The van der Waals surface area contributed by atoms with Crippen molar-refractivity contribution in [1.82, 2.24) is 5.32 Å². The van der Waals surface area contributed by atoms with E-state index in [9.17, 15) is 4.79 Å². The molecule has 5 heteroatoms. The fraction of sp³-hybridized carbons (Fsp3) is 0.562. The van der Waals surface area contributed by atoms with Crippen LogP contribution < -0.4 is 14.8 Å². The first-order chi connectivity index (χ1) is 9.93. The SMILES string of the molecule is CCOc1cc(CNCC(C)C)ccc1OC(C)C(=O)O. The quantitative estimate of drug-likeness (QED) is 0.733. The van der Waals surface area contributed by atoms with E-state index in [-0.39, 0.29) is 0 Å². The van der Waals surface area contributed by atoms with Crippen LogP contribution in [0.3, 0.4) is 0 Å². The third kappa shape index (κ3) is 6.04. The lowest BCUT2D eigenvalue weighted by molar-refractivity contribution is -0.144. The van der Waals surface area contributed by atoms with Gasteiger partial charge in [0.2, 0.25) is 0 Å². The lowest BCUT2D eigenvalue weighted by atomic mass is 10.1. The number of aliphatic carboxylic acids is 1. The van der Waals surface area contributed by atoms with Crippen LogP contribution >= 0.6 is 0 Å². The van der Waals surface area contributed by atoms with Crippen LogP contribution in [0.5, 0.6) is 11.5 Å². The molecular formula is C16H25NO4.